The van der Waals surface area contributed by atoms with E-state index in [1.54, 1.807) is 18.2 Å². The van der Waals surface area contributed by atoms with E-state index in [9.17, 15) is 9.59 Å². The van der Waals surface area contributed by atoms with Crippen LogP contribution in [0.4, 0.5) is 0 Å². The highest BCUT2D eigenvalue weighted by atomic mass is 16.5. The summed E-state index contributed by atoms with van der Waals surface area (Å²) >= 11 is 0. The van der Waals surface area contributed by atoms with Gasteiger partial charge in [-0.25, -0.2) is 0 Å². The Labute approximate surface area is 213 Å². The fourth-order valence-electron chi connectivity index (χ4n) is 4.61. The van der Waals surface area contributed by atoms with E-state index in [0.717, 1.165) is 45.6 Å². The van der Waals surface area contributed by atoms with Crippen LogP contribution in [0.5, 0.6) is 11.5 Å². The second-order valence-corrected chi connectivity index (χ2v) is 9.25. The van der Waals surface area contributed by atoms with E-state index in [2.05, 4.69) is 22.3 Å². The monoisotopic (exact) mass is 495 g/mol. The Morgan fingerprint density at radius 3 is 2.58 bits per heavy atom. The molecule has 2 amide bonds. The lowest BCUT2D eigenvalue weighted by Crippen LogP contribution is -2.47. The molecule has 1 unspecified atom stereocenters. The van der Waals surface area contributed by atoms with Crippen LogP contribution in [0, 0.1) is 0 Å². The number of morpholine rings is 1. The molecular weight excluding hydrogens is 458 g/mol. The topological polar surface area (TPSA) is 80.3 Å². The maximum Gasteiger partial charge on any atom is 0.260 e. The molecule has 2 heterocycles. The molecule has 2 fully saturated rings. The Morgan fingerprint density at radius 2 is 1.81 bits per heavy atom. The fourth-order valence-corrected chi connectivity index (χ4v) is 4.61. The third kappa shape index (κ3) is 7.45. The normalized spacial score (nSPS) is 18.5. The Balaban J connectivity index is 1.29. The van der Waals surface area contributed by atoms with Crippen LogP contribution in [0.15, 0.2) is 48.5 Å². The zero-order chi connectivity index (χ0) is 25.2. The molecule has 0 bridgehead atoms. The molecule has 0 aromatic heterocycles. The molecule has 8 nitrogen and oxygen atoms in total. The van der Waals surface area contributed by atoms with Gasteiger partial charge < -0.3 is 24.4 Å². The van der Waals surface area contributed by atoms with Gasteiger partial charge in [-0.15, -0.1) is 0 Å². The highest BCUT2D eigenvalue weighted by Crippen LogP contribution is 2.29. The Bertz CT molecular complexity index is 994. The number of rotatable bonds is 10. The first-order valence-electron chi connectivity index (χ1n) is 13.0. The molecular formula is C28H37N3O5. The highest BCUT2D eigenvalue weighted by molar-refractivity contribution is 5.95. The maximum absolute atomic E-state index is 12.9. The molecule has 2 aliphatic heterocycles. The number of hydrogen-bond acceptors (Lipinski definition) is 6. The summed E-state index contributed by atoms with van der Waals surface area (Å²) in [5, 5.41) is 2.99. The third-order valence-electron chi connectivity index (χ3n) is 6.53. The molecule has 2 aromatic rings. The van der Waals surface area contributed by atoms with Crippen LogP contribution in [0.25, 0.3) is 0 Å². The predicted octanol–water partition coefficient (Wildman–Crippen LogP) is 3.11. The van der Waals surface area contributed by atoms with Gasteiger partial charge in [-0.05, 0) is 49.9 Å². The van der Waals surface area contributed by atoms with Gasteiger partial charge in [0, 0.05) is 44.8 Å². The van der Waals surface area contributed by atoms with Crippen molar-refractivity contribution in [1.82, 2.24) is 15.1 Å². The van der Waals surface area contributed by atoms with E-state index in [1.165, 1.54) is 12.0 Å². The standard InChI is InChI=1S/C28H37N3O5/c1-2-34-26-17-23(11-12-25(26)36-21-27(32)31-13-7-4-8-14-31)28(33)29-18-24-20-30(15-16-35-24)19-22-9-5-3-6-10-22/h3,5-6,9-12,17,24H,2,4,7-8,13-16,18-21H2,1H3,(H,29,33). The largest absolute Gasteiger partial charge is 0.490 e. The van der Waals surface area contributed by atoms with Gasteiger partial charge in [0.05, 0.1) is 19.3 Å². The van der Waals surface area contributed by atoms with E-state index in [-0.39, 0.29) is 24.5 Å². The molecule has 36 heavy (non-hydrogen) atoms. The number of amides is 2. The summed E-state index contributed by atoms with van der Waals surface area (Å²) in [5.74, 6) is 0.703. The van der Waals surface area contributed by atoms with Crippen molar-refractivity contribution in [3.8, 4) is 11.5 Å². The molecule has 0 spiro atoms. The molecule has 1 atom stereocenters. The predicted molar refractivity (Wildman–Crippen MR) is 137 cm³/mol. The van der Waals surface area contributed by atoms with Crippen LogP contribution in [0.3, 0.4) is 0 Å². The minimum Gasteiger partial charge on any atom is -0.490 e. The van der Waals surface area contributed by atoms with Gasteiger partial charge in [-0.3, -0.25) is 14.5 Å². The van der Waals surface area contributed by atoms with E-state index < -0.39 is 0 Å². The lowest BCUT2D eigenvalue weighted by Gasteiger charge is -2.33. The van der Waals surface area contributed by atoms with Crippen molar-refractivity contribution in [3.05, 3.63) is 59.7 Å². The Hall–Kier alpha value is -3.10. The van der Waals surface area contributed by atoms with Gasteiger partial charge in [0.25, 0.3) is 11.8 Å². The van der Waals surface area contributed by atoms with Crippen LogP contribution in [0.2, 0.25) is 0 Å². The summed E-state index contributed by atoms with van der Waals surface area (Å²) in [7, 11) is 0. The smallest absolute Gasteiger partial charge is 0.260 e. The zero-order valence-corrected chi connectivity index (χ0v) is 21.1. The van der Waals surface area contributed by atoms with Crippen LogP contribution >= 0.6 is 0 Å². The summed E-state index contributed by atoms with van der Waals surface area (Å²) < 4.78 is 17.4. The van der Waals surface area contributed by atoms with Crippen LogP contribution in [-0.2, 0) is 16.1 Å². The first-order valence-corrected chi connectivity index (χ1v) is 13.0. The maximum atomic E-state index is 12.9. The lowest BCUT2D eigenvalue weighted by molar-refractivity contribution is -0.134. The summed E-state index contributed by atoms with van der Waals surface area (Å²) in [5.41, 5.74) is 1.75. The molecule has 2 aliphatic rings. The van der Waals surface area contributed by atoms with Gasteiger partial charge in [0.2, 0.25) is 0 Å². The number of nitrogens with one attached hydrogen (secondary N) is 1. The van der Waals surface area contributed by atoms with E-state index >= 15 is 0 Å². The first-order chi connectivity index (χ1) is 17.6. The minimum absolute atomic E-state index is 0.0206. The van der Waals surface area contributed by atoms with Crippen molar-refractivity contribution in [3.63, 3.8) is 0 Å². The molecule has 194 valence electrons. The number of nitrogens with zero attached hydrogens (tertiary/aromatic N) is 2. The van der Waals surface area contributed by atoms with E-state index in [1.807, 2.05) is 30.0 Å². The summed E-state index contributed by atoms with van der Waals surface area (Å²) in [6, 6.07) is 15.4. The molecule has 0 saturated carbocycles. The number of ether oxygens (including phenoxy) is 3. The SMILES string of the molecule is CCOc1cc(C(=O)NCC2CN(Cc3ccccc3)CCO2)ccc1OCC(=O)N1CCCCC1. The van der Waals surface area contributed by atoms with Crippen molar-refractivity contribution in [2.45, 2.75) is 38.8 Å². The number of carbonyl (C=O) groups excluding carboxylic acids is 2. The molecule has 4 rings (SSSR count). The second kappa shape index (κ2) is 13.3. The van der Waals surface area contributed by atoms with Crippen molar-refractivity contribution in [2.75, 3.05) is 52.5 Å². The average molecular weight is 496 g/mol. The number of hydrogen-bond donors (Lipinski definition) is 1. The number of benzene rings is 2. The van der Waals surface area contributed by atoms with Crippen molar-refractivity contribution < 1.29 is 23.8 Å². The molecule has 8 heteroatoms. The Kier molecular flexibility index (Phi) is 9.58. The quantitative estimate of drug-likeness (QED) is 0.546. The van der Waals surface area contributed by atoms with Crippen molar-refractivity contribution >= 4 is 11.8 Å². The lowest BCUT2D eigenvalue weighted by atomic mass is 10.1. The van der Waals surface area contributed by atoms with Gasteiger partial charge in [0.1, 0.15) is 0 Å². The van der Waals surface area contributed by atoms with Crippen LogP contribution in [0.1, 0.15) is 42.1 Å². The van der Waals surface area contributed by atoms with Crippen molar-refractivity contribution in [1.29, 1.82) is 0 Å². The van der Waals surface area contributed by atoms with E-state index in [0.29, 0.717) is 36.8 Å². The minimum atomic E-state index is -0.198. The van der Waals surface area contributed by atoms with E-state index in [4.69, 9.17) is 14.2 Å². The highest BCUT2D eigenvalue weighted by Gasteiger charge is 2.22. The summed E-state index contributed by atoms with van der Waals surface area (Å²) in [4.78, 5) is 29.5. The molecule has 0 aliphatic carbocycles. The van der Waals surface area contributed by atoms with Gasteiger partial charge in [-0.2, -0.15) is 0 Å². The Morgan fingerprint density at radius 1 is 1.00 bits per heavy atom. The molecule has 2 saturated heterocycles. The molecule has 0 radical (unpaired) electrons. The average Bonchev–Trinajstić information content (AvgIpc) is 2.92. The first kappa shape index (κ1) is 26.0. The summed E-state index contributed by atoms with van der Waals surface area (Å²) in [6.45, 7) is 7.41. The van der Waals surface area contributed by atoms with Gasteiger partial charge >= 0.3 is 0 Å². The zero-order valence-electron chi connectivity index (χ0n) is 21.1. The summed E-state index contributed by atoms with van der Waals surface area (Å²) in [6.07, 6.45) is 3.18. The molecule has 2 aromatic carbocycles. The number of carbonyl (C=O) groups is 2. The van der Waals surface area contributed by atoms with Gasteiger partial charge in [-0.1, -0.05) is 30.3 Å². The van der Waals surface area contributed by atoms with Gasteiger partial charge in [0.15, 0.2) is 18.1 Å². The van der Waals surface area contributed by atoms with Crippen LogP contribution in [-0.4, -0.2) is 80.3 Å². The number of piperidine rings is 1. The van der Waals surface area contributed by atoms with Crippen molar-refractivity contribution in [2.24, 2.45) is 0 Å². The fraction of sp³-hybridized carbons (Fsp3) is 0.500. The third-order valence-corrected chi connectivity index (χ3v) is 6.53. The number of likely N-dealkylation sites (tertiary alicyclic amines) is 1. The van der Waals surface area contributed by atoms with Crippen LogP contribution < -0.4 is 14.8 Å². The second-order valence-electron chi connectivity index (χ2n) is 9.25. The molecule has 1 N–H and O–H groups in total.